The van der Waals surface area contributed by atoms with Crippen molar-refractivity contribution < 1.29 is 32.7 Å². The fourth-order valence-electron chi connectivity index (χ4n) is 3.23. The zero-order valence-corrected chi connectivity index (χ0v) is 18.8. The minimum absolute atomic E-state index is 0.0377. The van der Waals surface area contributed by atoms with Crippen LogP contribution in [0, 0.1) is 6.92 Å². The summed E-state index contributed by atoms with van der Waals surface area (Å²) in [6.07, 6.45) is -4.73. The topological polar surface area (TPSA) is 90.0 Å². The van der Waals surface area contributed by atoms with Crippen LogP contribution >= 0.6 is 0 Å². The molecule has 0 unspecified atom stereocenters. The maximum absolute atomic E-state index is 13.0. The molecule has 184 valence electrons. The summed E-state index contributed by atoms with van der Waals surface area (Å²) >= 11 is 0. The lowest BCUT2D eigenvalue weighted by molar-refractivity contribution is -0.192. The molecule has 0 atom stereocenters. The summed E-state index contributed by atoms with van der Waals surface area (Å²) in [6.45, 7) is 6.12. The van der Waals surface area contributed by atoms with Crippen molar-refractivity contribution in [3.63, 3.8) is 0 Å². The van der Waals surface area contributed by atoms with E-state index in [9.17, 15) is 22.8 Å². The molecular formula is C24H28F3N3O4. The van der Waals surface area contributed by atoms with Gasteiger partial charge in [-0.05, 0) is 24.6 Å². The first-order valence-corrected chi connectivity index (χ1v) is 10.8. The molecule has 0 aliphatic carbocycles. The Morgan fingerprint density at radius 3 is 2.09 bits per heavy atom. The molecule has 0 bridgehead atoms. The molecule has 3 rings (SSSR count). The molecule has 2 aromatic carbocycles. The van der Waals surface area contributed by atoms with Crippen molar-refractivity contribution in [2.45, 2.75) is 26.1 Å². The minimum Gasteiger partial charge on any atom is -0.475 e. The molecule has 1 saturated heterocycles. The van der Waals surface area contributed by atoms with Gasteiger partial charge in [0.05, 0.1) is 0 Å². The van der Waals surface area contributed by atoms with Gasteiger partial charge in [-0.25, -0.2) is 4.79 Å². The fraction of sp³-hybridized carbons (Fsp3) is 0.375. The molecule has 34 heavy (non-hydrogen) atoms. The van der Waals surface area contributed by atoms with Gasteiger partial charge in [-0.15, -0.1) is 0 Å². The molecule has 1 heterocycles. The Morgan fingerprint density at radius 1 is 1.00 bits per heavy atom. The summed E-state index contributed by atoms with van der Waals surface area (Å²) < 4.78 is 31.7. The average Bonchev–Trinajstić information content (AvgIpc) is 2.83. The predicted octanol–water partition coefficient (Wildman–Crippen LogP) is 3.09. The number of benzene rings is 2. The SMILES string of the molecule is Cc1ccc(CN(CCC(=O)N2CCNCC2)C(=O)c2ccccc2)cc1.O=C(O)C(F)(F)F. The first-order chi connectivity index (χ1) is 16.1. The minimum atomic E-state index is -5.08. The molecule has 0 spiro atoms. The number of carbonyl (C=O) groups excluding carboxylic acids is 2. The number of hydrogen-bond donors (Lipinski definition) is 2. The van der Waals surface area contributed by atoms with Crippen LogP contribution in [0.15, 0.2) is 54.6 Å². The van der Waals surface area contributed by atoms with Gasteiger partial charge in [0.15, 0.2) is 0 Å². The van der Waals surface area contributed by atoms with Gasteiger partial charge in [0.2, 0.25) is 5.91 Å². The van der Waals surface area contributed by atoms with Crippen LogP contribution in [0.3, 0.4) is 0 Å². The van der Waals surface area contributed by atoms with E-state index in [1.807, 2.05) is 66.4 Å². The molecule has 1 fully saturated rings. The van der Waals surface area contributed by atoms with E-state index in [0.717, 1.165) is 31.7 Å². The van der Waals surface area contributed by atoms with E-state index >= 15 is 0 Å². The molecule has 0 saturated carbocycles. The highest BCUT2D eigenvalue weighted by atomic mass is 19.4. The first-order valence-electron chi connectivity index (χ1n) is 10.8. The number of piperazine rings is 1. The van der Waals surface area contributed by atoms with Crippen LogP contribution in [-0.2, 0) is 16.1 Å². The zero-order chi connectivity index (χ0) is 25.1. The van der Waals surface area contributed by atoms with Crippen molar-refractivity contribution in [2.24, 2.45) is 0 Å². The van der Waals surface area contributed by atoms with Crippen LogP contribution < -0.4 is 5.32 Å². The van der Waals surface area contributed by atoms with E-state index in [-0.39, 0.29) is 11.8 Å². The van der Waals surface area contributed by atoms with Gasteiger partial charge < -0.3 is 20.2 Å². The smallest absolute Gasteiger partial charge is 0.475 e. The maximum Gasteiger partial charge on any atom is 0.490 e. The highest BCUT2D eigenvalue weighted by Crippen LogP contribution is 2.14. The molecule has 7 nitrogen and oxygen atoms in total. The second kappa shape index (κ2) is 12.7. The van der Waals surface area contributed by atoms with Crippen molar-refractivity contribution in [1.82, 2.24) is 15.1 Å². The summed E-state index contributed by atoms with van der Waals surface area (Å²) in [6, 6.07) is 17.4. The van der Waals surface area contributed by atoms with Crippen molar-refractivity contribution >= 4 is 17.8 Å². The molecule has 1 aliphatic heterocycles. The first kappa shape index (κ1) is 26.8. The molecule has 0 aromatic heterocycles. The van der Waals surface area contributed by atoms with E-state index < -0.39 is 12.1 Å². The molecule has 2 aromatic rings. The monoisotopic (exact) mass is 479 g/mol. The van der Waals surface area contributed by atoms with Crippen molar-refractivity contribution in [3.8, 4) is 0 Å². The maximum atomic E-state index is 13.0. The molecule has 10 heteroatoms. The number of hydrogen-bond acceptors (Lipinski definition) is 4. The summed E-state index contributed by atoms with van der Waals surface area (Å²) in [4.78, 5) is 38.1. The Morgan fingerprint density at radius 2 is 1.56 bits per heavy atom. The summed E-state index contributed by atoms with van der Waals surface area (Å²) in [5, 5.41) is 10.4. The molecule has 2 amide bonds. The number of halogens is 3. The largest absolute Gasteiger partial charge is 0.490 e. The number of aryl methyl sites for hydroxylation is 1. The average molecular weight is 479 g/mol. The summed E-state index contributed by atoms with van der Waals surface area (Å²) in [5.41, 5.74) is 2.91. The Kier molecular flexibility index (Phi) is 10.1. The van der Waals surface area contributed by atoms with Gasteiger partial charge >= 0.3 is 12.1 Å². The Balaban J connectivity index is 0.000000509. The van der Waals surface area contributed by atoms with Gasteiger partial charge in [0, 0.05) is 51.3 Å². The standard InChI is InChI=1S/C22H27N3O2.C2HF3O2/c1-18-7-9-19(10-8-18)17-25(22(27)20-5-3-2-4-6-20)14-11-21(26)24-15-12-23-13-16-24;3-2(4,5)1(6)7/h2-10,23H,11-17H2,1H3;(H,6,7). The summed E-state index contributed by atoms with van der Waals surface area (Å²) in [5.74, 6) is -2.68. The number of alkyl halides is 3. The van der Waals surface area contributed by atoms with Gasteiger partial charge in [0.1, 0.15) is 0 Å². The Hall–Kier alpha value is -3.40. The highest BCUT2D eigenvalue weighted by molar-refractivity contribution is 5.94. The van der Waals surface area contributed by atoms with Crippen LogP contribution in [0.4, 0.5) is 13.2 Å². The number of carboxylic acid groups (broad SMARTS) is 1. The van der Waals surface area contributed by atoms with E-state index in [1.165, 1.54) is 5.56 Å². The second-order valence-electron chi connectivity index (χ2n) is 7.76. The van der Waals surface area contributed by atoms with Gasteiger partial charge in [-0.1, -0.05) is 48.0 Å². The predicted molar refractivity (Wildman–Crippen MR) is 120 cm³/mol. The second-order valence-corrected chi connectivity index (χ2v) is 7.76. The number of nitrogens with one attached hydrogen (secondary N) is 1. The van der Waals surface area contributed by atoms with Crippen molar-refractivity contribution in [3.05, 3.63) is 71.3 Å². The number of amides is 2. The quantitative estimate of drug-likeness (QED) is 0.665. The number of rotatable bonds is 6. The Bertz CT molecular complexity index is 944. The van der Waals surface area contributed by atoms with Crippen LogP contribution in [-0.4, -0.2) is 71.6 Å². The van der Waals surface area contributed by atoms with Crippen LogP contribution in [0.1, 0.15) is 27.9 Å². The van der Waals surface area contributed by atoms with Crippen molar-refractivity contribution in [1.29, 1.82) is 0 Å². The number of nitrogens with zero attached hydrogens (tertiary/aromatic N) is 2. The molecule has 1 aliphatic rings. The van der Waals surface area contributed by atoms with E-state index in [1.54, 1.807) is 4.90 Å². The third kappa shape index (κ3) is 8.86. The lowest BCUT2D eigenvalue weighted by Crippen LogP contribution is -2.47. The fourth-order valence-corrected chi connectivity index (χ4v) is 3.23. The van der Waals surface area contributed by atoms with E-state index in [4.69, 9.17) is 9.90 Å². The lowest BCUT2D eigenvalue weighted by Gasteiger charge is -2.29. The van der Waals surface area contributed by atoms with Crippen molar-refractivity contribution in [2.75, 3.05) is 32.7 Å². The number of carboxylic acids is 1. The van der Waals surface area contributed by atoms with Gasteiger partial charge in [-0.3, -0.25) is 9.59 Å². The zero-order valence-electron chi connectivity index (χ0n) is 18.8. The van der Waals surface area contributed by atoms with Crippen LogP contribution in [0.25, 0.3) is 0 Å². The third-order valence-corrected chi connectivity index (χ3v) is 5.11. The molecular weight excluding hydrogens is 451 g/mol. The normalized spacial score (nSPS) is 13.5. The highest BCUT2D eigenvalue weighted by Gasteiger charge is 2.38. The van der Waals surface area contributed by atoms with E-state index in [2.05, 4.69) is 5.32 Å². The third-order valence-electron chi connectivity index (χ3n) is 5.11. The number of carbonyl (C=O) groups is 3. The van der Waals surface area contributed by atoms with Gasteiger partial charge in [-0.2, -0.15) is 13.2 Å². The van der Waals surface area contributed by atoms with Gasteiger partial charge in [0.25, 0.3) is 5.91 Å². The summed E-state index contributed by atoms with van der Waals surface area (Å²) in [7, 11) is 0. The number of aliphatic carboxylic acids is 1. The van der Waals surface area contributed by atoms with Crippen LogP contribution in [0.5, 0.6) is 0 Å². The lowest BCUT2D eigenvalue weighted by atomic mass is 10.1. The van der Waals surface area contributed by atoms with Crippen LogP contribution in [0.2, 0.25) is 0 Å². The molecule has 2 N–H and O–H groups in total. The van der Waals surface area contributed by atoms with E-state index in [0.29, 0.717) is 25.1 Å². The molecule has 0 radical (unpaired) electrons. The Labute approximate surface area is 196 Å².